The summed E-state index contributed by atoms with van der Waals surface area (Å²) in [6, 6.07) is 13.2. The van der Waals surface area contributed by atoms with E-state index in [2.05, 4.69) is 10.1 Å². The second-order valence-corrected chi connectivity index (χ2v) is 6.62. The number of aromatic nitrogens is 2. The molecule has 0 unspecified atom stereocenters. The smallest absolute Gasteiger partial charge is 0.311 e. The largest absolute Gasteiger partial charge is 0.469 e. The van der Waals surface area contributed by atoms with E-state index < -0.39 is 10.9 Å². The number of hydrogen-bond donors (Lipinski definition) is 1. The van der Waals surface area contributed by atoms with E-state index >= 15 is 0 Å². The normalized spacial score (nSPS) is 11.4. The topological polar surface area (TPSA) is 120 Å². The molecule has 9 nitrogen and oxygen atoms in total. The van der Waals surface area contributed by atoms with Gasteiger partial charge in [0, 0.05) is 12.1 Å². The zero-order valence-electron chi connectivity index (χ0n) is 16.7. The Morgan fingerprint density at radius 3 is 2.57 bits per heavy atom. The zero-order valence-corrected chi connectivity index (χ0v) is 16.7. The molecule has 0 amide bonds. The van der Waals surface area contributed by atoms with Gasteiger partial charge in [0.25, 0.3) is 11.2 Å². The fourth-order valence-electron chi connectivity index (χ4n) is 3.03. The van der Waals surface area contributed by atoms with Crippen LogP contribution in [0.5, 0.6) is 0 Å². The third-order valence-corrected chi connectivity index (χ3v) is 4.58. The molecular weight excluding hydrogens is 388 g/mol. The lowest BCUT2D eigenvalue weighted by atomic mass is 10.1. The van der Waals surface area contributed by atoms with Crippen molar-refractivity contribution in [1.82, 2.24) is 9.78 Å². The fourth-order valence-corrected chi connectivity index (χ4v) is 3.03. The van der Waals surface area contributed by atoms with E-state index in [0.717, 1.165) is 0 Å². The summed E-state index contributed by atoms with van der Waals surface area (Å²) in [6.07, 6.45) is -0.151. The highest BCUT2D eigenvalue weighted by molar-refractivity contribution is 6.02. The number of rotatable bonds is 6. The Bertz CT molecular complexity index is 1190. The number of hydrogen-bond acceptors (Lipinski definition) is 6. The van der Waals surface area contributed by atoms with Crippen molar-refractivity contribution < 1.29 is 14.5 Å². The number of nitrogens with zero attached hydrogens (tertiary/aromatic N) is 3. The van der Waals surface area contributed by atoms with Crippen molar-refractivity contribution in [2.45, 2.75) is 20.3 Å². The van der Waals surface area contributed by atoms with Crippen LogP contribution in [-0.2, 0) is 16.0 Å². The summed E-state index contributed by atoms with van der Waals surface area (Å²) < 4.78 is 6.06. The first-order chi connectivity index (χ1) is 14.3. The molecule has 0 aliphatic heterocycles. The van der Waals surface area contributed by atoms with Gasteiger partial charge in [-0.2, -0.15) is 0 Å². The van der Waals surface area contributed by atoms with Gasteiger partial charge in [-0.15, -0.1) is 0 Å². The molecule has 0 atom stereocenters. The molecule has 1 aromatic heterocycles. The number of methoxy groups -OCH3 is 1. The van der Waals surface area contributed by atoms with Crippen molar-refractivity contribution in [2.24, 2.45) is 4.99 Å². The highest BCUT2D eigenvalue weighted by atomic mass is 16.6. The molecule has 1 heterocycles. The number of H-pyrrole nitrogens is 1. The minimum atomic E-state index is -0.517. The van der Waals surface area contributed by atoms with Crippen LogP contribution in [0.3, 0.4) is 0 Å². The SMILES string of the molecule is COC(=O)Cc1[nH]n(-c2ccccc2)c(=O)c1C(C)=Nc1cc([N+](=O)[O-])ccc1C. The number of nitro groups is 1. The van der Waals surface area contributed by atoms with Crippen LogP contribution >= 0.6 is 0 Å². The standard InChI is InChI=1S/C21H20N4O5/c1-13-9-10-16(25(28)29)11-17(13)22-14(2)20-18(12-19(26)30-3)23-24(21(20)27)15-7-5-4-6-8-15/h4-11,23H,12H2,1-3H3. The van der Waals surface area contributed by atoms with E-state index in [1.54, 1.807) is 44.2 Å². The zero-order chi connectivity index (χ0) is 21.8. The first kappa shape index (κ1) is 20.7. The molecule has 0 aliphatic rings. The Hall–Kier alpha value is -4.01. The Balaban J connectivity index is 2.16. The minimum absolute atomic E-state index is 0.0994. The molecule has 3 rings (SSSR count). The van der Waals surface area contributed by atoms with E-state index in [1.807, 2.05) is 6.07 Å². The van der Waals surface area contributed by atoms with Gasteiger partial charge >= 0.3 is 5.97 Å². The van der Waals surface area contributed by atoms with Crippen LogP contribution < -0.4 is 5.56 Å². The molecule has 0 spiro atoms. The number of ether oxygens (including phenoxy) is 1. The molecule has 0 saturated heterocycles. The van der Waals surface area contributed by atoms with Crippen LogP contribution in [0.4, 0.5) is 11.4 Å². The van der Waals surface area contributed by atoms with Crippen molar-refractivity contribution in [3.05, 3.63) is 85.8 Å². The molecule has 0 aliphatic carbocycles. The van der Waals surface area contributed by atoms with Gasteiger partial charge in [-0.05, 0) is 31.5 Å². The lowest BCUT2D eigenvalue weighted by Gasteiger charge is -2.04. The fraction of sp³-hybridized carbons (Fsp3) is 0.190. The molecule has 0 fully saturated rings. The Kier molecular flexibility index (Phi) is 5.91. The number of para-hydroxylation sites is 1. The summed E-state index contributed by atoms with van der Waals surface area (Å²) in [5.41, 5.74) is 2.09. The van der Waals surface area contributed by atoms with Crippen LogP contribution in [0, 0.1) is 17.0 Å². The van der Waals surface area contributed by atoms with Gasteiger partial charge in [0.1, 0.15) is 0 Å². The average molecular weight is 408 g/mol. The predicted molar refractivity (Wildman–Crippen MR) is 112 cm³/mol. The van der Waals surface area contributed by atoms with Crippen molar-refractivity contribution in [2.75, 3.05) is 7.11 Å². The number of esters is 1. The summed E-state index contributed by atoms with van der Waals surface area (Å²) in [4.78, 5) is 40.1. The highest BCUT2D eigenvalue weighted by Crippen LogP contribution is 2.25. The molecule has 30 heavy (non-hydrogen) atoms. The number of aromatic amines is 1. The van der Waals surface area contributed by atoms with Gasteiger partial charge in [0.15, 0.2) is 0 Å². The lowest BCUT2D eigenvalue weighted by Crippen LogP contribution is -2.20. The van der Waals surface area contributed by atoms with Gasteiger partial charge in [0.2, 0.25) is 0 Å². The third-order valence-electron chi connectivity index (χ3n) is 4.58. The van der Waals surface area contributed by atoms with Gasteiger partial charge in [0.05, 0.1) is 46.8 Å². The summed E-state index contributed by atoms with van der Waals surface area (Å²) >= 11 is 0. The number of aliphatic imine (C=N–C) groups is 1. The van der Waals surface area contributed by atoms with Gasteiger partial charge < -0.3 is 4.74 Å². The summed E-state index contributed by atoms with van der Waals surface area (Å²) in [7, 11) is 1.27. The van der Waals surface area contributed by atoms with Crippen LogP contribution in [0.2, 0.25) is 0 Å². The quantitative estimate of drug-likeness (QED) is 0.291. The van der Waals surface area contributed by atoms with E-state index in [4.69, 9.17) is 4.74 Å². The summed E-state index contributed by atoms with van der Waals surface area (Å²) in [5.74, 6) is -0.517. The lowest BCUT2D eigenvalue weighted by molar-refractivity contribution is -0.384. The number of benzene rings is 2. The van der Waals surface area contributed by atoms with E-state index in [-0.39, 0.29) is 23.2 Å². The summed E-state index contributed by atoms with van der Waals surface area (Å²) in [6.45, 7) is 3.39. The first-order valence-electron chi connectivity index (χ1n) is 9.08. The van der Waals surface area contributed by atoms with E-state index in [0.29, 0.717) is 28.3 Å². The maximum Gasteiger partial charge on any atom is 0.311 e. The Morgan fingerprint density at radius 2 is 1.93 bits per heavy atom. The highest BCUT2D eigenvalue weighted by Gasteiger charge is 2.21. The monoisotopic (exact) mass is 408 g/mol. The van der Waals surface area contributed by atoms with Crippen molar-refractivity contribution in [1.29, 1.82) is 0 Å². The second kappa shape index (κ2) is 8.56. The Morgan fingerprint density at radius 1 is 1.23 bits per heavy atom. The molecule has 3 aromatic rings. The number of nitrogens with one attached hydrogen (secondary N) is 1. The molecule has 0 bridgehead atoms. The molecular formula is C21H20N4O5. The van der Waals surface area contributed by atoms with Crippen molar-refractivity contribution in [3.63, 3.8) is 0 Å². The molecule has 1 N–H and O–H groups in total. The molecule has 9 heteroatoms. The van der Waals surface area contributed by atoms with Crippen LogP contribution in [0.15, 0.2) is 58.3 Å². The first-order valence-corrected chi connectivity index (χ1v) is 9.08. The number of carbonyl (C=O) groups is 1. The number of aryl methyl sites for hydroxylation is 1. The summed E-state index contributed by atoms with van der Waals surface area (Å²) in [5, 5.41) is 14.0. The molecule has 0 radical (unpaired) electrons. The van der Waals surface area contributed by atoms with Crippen LogP contribution in [-0.4, -0.2) is 33.5 Å². The van der Waals surface area contributed by atoms with Crippen molar-refractivity contribution >= 4 is 23.1 Å². The Labute approximate surface area is 171 Å². The maximum absolute atomic E-state index is 13.1. The van der Waals surface area contributed by atoms with Crippen molar-refractivity contribution in [3.8, 4) is 5.69 Å². The number of non-ortho nitro benzene ring substituents is 1. The number of nitro benzene ring substituents is 1. The van der Waals surface area contributed by atoms with Gasteiger partial charge in [-0.25, -0.2) is 4.68 Å². The van der Waals surface area contributed by atoms with Crippen LogP contribution in [0.25, 0.3) is 5.69 Å². The van der Waals surface area contributed by atoms with Gasteiger partial charge in [-0.3, -0.25) is 29.8 Å². The third kappa shape index (κ3) is 4.19. The average Bonchev–Trinajstić information content (AvgIpc) is 3.05. The molecule has 0 saturated carbocycles. The maximum atomic E-state index is 13.1. The molecule has 154 valence electrons. The minimum Gasteiger partial charge on any atom is -0.469 e. The van der Waals surface area contributed by atoms with E-state index in [9.17, 15) is 19.7 Å². The predicted octanol–water partition coefficient (Wildman–Crippen LogP) is 3.24. The van der Waals surface area contributed by atoms with Crippen LogP contribution in [0.1, 0.15) is 23.7 Å². The number of carbonyl (C=O) groups excluding carboxylic acids is 1. The van der Waals surface area contributed by atoms with Gasteiger partial charge in [-0.1, -0.05) is 24.3 Å². The molecule has 2 aromatic carbocycles. The van der Waals surface area contributed by atoms with E-state index in [1.165, 1.54) is 23.9 Å². The second-order valence-electron chi connectivity index (χ2n) is 6.62.